The van der Waals surface area contributed by atoms with Gasteiger partial charge >= 0.3 is 5.97 Å². The molecule has 0 aliphatic carbocycles. The van der Waals surface area contributed by atoms with Crippen LogP contribution in [0.5, 0.6) is 5.75 Å². The number of carboxylic acids is 1. The quantitative estimate of drug-likeness (QED) is 0.419. The lowest BCUT2D eigenvalue weighted by Gasteiger charge is -2.28. The molecule has 0 saturated heterocycles. The van der Waals surface area contributed by atoms with E-state index >= 15 is 0 Å². The number of aliphatic carboxylic acids is 1. The van der Waals surface area contributed by atoms with E-state index in [-0.39, 0.29) is 16.6 Å². The number of benzene rings is 1. The molecule has 7 nitrogen and oxygen atoms in total. The van der Waals surface area contributed by atoms with Crippen molar-refractivity contribution in [1.82, 2.24) is 0 Å². The standard InChI is InChI=1S/C17H26O3.C5H12O4/c1-10(15(19)20)11-8-12(16(2,3)4)14(18)13(9-11)17(5,6)7;6-1-5(2-7,3-8)4-9/h8-10,18H,1-7H3,(H,19,20);6-9H,1-4H2. The van der Waals surface area contributed by atoms with Gasteiger partial charge in [0.1, 0.15) is 5.75 Å². The Bertz CT molecular complexity index is 612. The molecule has 0 fully saturated rings. The van der Waals surface area contributed by atoms with E-state index in [1.807, 2.05) is 53.7 Å². The highest BCUT2D eigenvalue weighted by Crippen LogP contribution is 2.41. The van der Waals surface area contributed by atoms with Gasteiger partial charge in [-0.05, 0) is 34.4 Å². The van der Waals surface area contributed by atoms with Crippen molar-refractivity contribution < 1.29 is 35.4 Å². The van der Waals surface area contributed by atoms with Crippen LogP contribution >= 0.6 is 0 Å². The van der Waals surface area contributed by atoms with Crippen LogP contribution in [0.4, 0.5) is 0 Å². The number of phenols is 1. The first-order valence-corrected chi connectivity index (χ1v) is 9.64. The SMILES string of the molecule is CC(C(=O)O)c1cc(C(C)(C)C)c(O)c(C(C)(C)C)c1.OCC(CO)(CO)CO. The lowest BCUT2D eigenvalue weighted by molar-refractivity contribution is -0.138. The summed E-state index contributed by atoms with van der Waals surface area (Å²) in [5.41, 5.74) is 0.752. The topological polar surface area (TPSA) is 138 Å². The molecule has 7 heteroatoms. The largest absolute Gasteiger partial charge is 0.507 e. The van der Waals surface area contributed by atoms with E-state index in [0.717, 1.165) is 16.7 Å². The van der Waals surface area contributed by atoms with Crippen LogP contribution in [-0.2, 0) is 15.6 Å². The Morgan fingerprint density at radius 3 is 1.31 bits per heavy atom. The average Bonchev–Trinajstić information content (AvgIpc) is 2.62. The second-order valence-corrected chi connectivity index (χ2v) is 9.66. The maximum atomic E-state index is 11.2. The fourth-order valence-electron chi connectivity index (χ4n) is 2.49. The molecule has 0 heterocycles. The molecule has 1 aromatic rings. The van der Waals surface area contributed by atoms with Crippen LogP contribution in [0, 0.1) is 5.41 Å². The van der Waals surface area contributed by atoms with E-state index < -0.39 is 43.7 Å². The molecule has 0 bridgehead atoms. The molecule has 1 atom stereocenters. The number of aliphatic hydroxyl groups is 4. The second-order valence-electron chi connectivity index (χ2n) is 9.66. The van der Waals surface area contributed by atoms with Gasteiger partial charge in [-0.15, -0.1) is 0 Å². The summed E-state index contributed by atoms with van der Waals surface area (Å²) >= 11 is 0. The van der Waals surface area contributed by atoms with Crippen LogP contribution < -0.4 is 0 Å². The highest BCUT2D eigenvalue weighted by atomic mass is 16.4. The molecular formula is C22H38O7. The molecule has 1 aromatic carbocycles. The number of phenolic OH excluding ortho intramolecular Hbond substituents is 1. The predicted octanol–water partition coefficient (Wildman–Crippen LogP) is 2.12. The van der Waals surface area contributed by atoms with Crippen molar-refractivity contribution in [1.29, 1.82) is 0 Å². The van der Waals surface area contributed by atoms with Gasteiger partial charge in [-0.25, -0.2) is 0 Å². The number of aliphatic hydroxyl groups excluding tert-OH is 4. The summed E-state index contributed by atoms with van der Waals surface area (Å²) in [6, 6.07) is 3.65. The summed E-state index contributed by atoms with van der Waals surface area (Å²) in [6.07, 6.45) is 0. The van der Waals surface area contributed by atoms with E-state index in [2.05, 4.69) is 0 Å². The number of hydrogen-bond acceptors (Lipinski definition) is 6. The van der Waals surface area contributed by atoms with Gasteiger partial charge in [0.2, 0.25) is 0 Å². The fraction of sp³-hybridized carbons (Fsp3) is 0.682. The van der Waals surface area contributed by atoms with Crippen molar-refractivity contribution in [2.75, 3.05) is 26.4 Å². The third-order valence-electron chi connectivity index (χ3n) is 4.96. The molecule has 1 unspecified atom stereocenters. The lowest BCUT2D eigenvalue weighted by atomic mass is 9.77. The Balaban J connectivity index is 0.000000734. The molecule has 0 spiro atoms. The first-order valence-electron chi connectivity index (χ1n) is 9.64. The van der Waals surface area contributed by atoms with Gasteiger partial charge < -0.3 is 30.6 Å². The first-order chi connectivity index (χ1) is 13.1. The number of hydrogen-bond donors (Lipinski definition) is 6. The van der Waals surface area contributed by atoms with Gasteiger partial charge in [0.15, 0.2) is 0 Å². The zero-order valence-corrected chi connectivity index (χ0v) is 18.7. The van der Waals surface area contributed by atoms with Crippen molar-refractivity contribution >= 4 is 5.97 Å². The normalized spacial score (nSPS) is 13.5. The van der Waals surface area contributed by atoms with Gasteiger partial charge in [-0.3, -0.25) is 4.79 Å². The Labute approximate surface area is 173 Å². The molecule has 0 aliphatic heterocycles. The Morgan fingerprint density at radius 2 is 1.14 bits per heavy atom. The van der Waals surface area contributed by atoms with Crippen molar-refractivity contribution in [3.8, 4) is 5.75 Å². The van der Waals surface area contributed by atoms with E-state index in [1.54, 1.807) is 6.92 Å². The van der Waals surface area contributed by atoms with Crippen LogP contribution in [0.25, 0.3) is 0 Å². The lowest BCUT2D eigenvalue weighted by Crippen LogP contribution is -2.37. The Morgan fingerprint density at radius 1 is 0.828 bits per heavy atom. The Hall–Kier alpha value is -1.67. The highest BCUT2D eigenvalue weighted by molar-refractivity contribution is 5.76. The van der Waals surface area contributed by atoms with Crippen LogP contribution in [0.1, 0.15) is 71.1 Å². The summed E-state index contributed by atoms with van der Waals surface area (Å²) in [4.78, 5) is 11.2. The van der Waals surface area contributed by atoms with E-state index in [4.69, 9.17) is 20.4 Å². The van der Waals surface area contributed by atoms with Crippen LogP contribution in [0.15, 0.2) is 12.1 Å². The Kier molecular flexibility index (Phi) is 9.79. The molecule has 168 valence electrons. The molecule has 0 amide bonds. The van der Waals surface area contributed by atoms with Crippen LogP contribution in [-0.4, -0.2) is 63.0 Å². The van der Waals surface area contributed by atoms with Crippen LogP contribution in [0.2, 0.25) is 0 Å². The minimum atomic E-state index is -1.11. The van der Waals surface area contributed by atoms with Gasteiger partial charge in [-0.1, -0.05) is 53.7 Å². The number of rotatable bonds is 6. The van der Waals surface area contributed by atoms with E-state index in [1.165, 1.54) is 0 Å². The van der Waals surface area contributed by atoms with Crippen molar-refractivity contribution in [2.24, 2.45) is 5.41 Å². The smallest absolute Gasteiger partial charge is 0.310 e. The van der Waals surface area contributed by atoms with Gasteiger partial charge in [0.25, 0.3) is 0 Å². The molecule has 0 aromatic heterocycles. The summed E-state index contributed by atoms with van der Waals surface area (Å²) in [5.74, 6) is -1.15. The third-order valence-corrected chi connectivity index (χ3v) is 4.96. The molecule has 0 saturated carbocycles. The molecule has 0 radical (unpaired) electrons. The van der Waals surface area contributed by atoms with Crippen molar-refractivity contribution in [3.63, 3.8) is 0 Å². The maximum Gasteiger partial charge on any atom is 0.310 e. The van der Waals surface area contributed by atoms with Gasteiger partial charge in [0, 0.05) is 0 Å². The molecule has 0 aliphatic rings. The summed E-state index contributed by atoms with van der Waals surface area (Å²) < 4.78 is 0. The monoisotopic (exact) mass is 414 g/mol. The van der Waals surface area contributed by atoms with E-state index in [9.17, 15) is 15.0 Å². The van der Waals surface area contributed by atoms with E-state index in [0.29, 0.717) is 0 Å². The number of aromatic hydroxyl groups is 1. The number of carbonyl (C=O) groups is 1. The zero-order chi connectivity index (χ0) is 23.2. The molecule has 1 rings (SSSR count). The maximum absolute atomic E-state index is 11.2. The average molecular weight is 415 g/mol. The first kappa shape index (κ1) is 27.3. The fourth-order valence-corrected chi connectivity index (χ4v) is 2.49. The minimum Gasteiger partial charge on any atom is -0.507 e. The third kappa shape index (κ3) is 7.26. The zero-order valence-electron chi connectivity index (χ0n) is 18.7. The number of carboxylic acid groups (broad SMARTS) is 1. The predicted molar refractivity (Wildman–Crippen MR) is 112 cm³/mol. The summed E-state index contributed by atoms with van der Waals surface area (Å²) in [6.45, 7) is 12.2. The minimum absolute atomic E-state index is 0.238. The summed E-state index contributed by atoms with van der Waals surface area (Å²) in [7, 11) is 0. The van der Waals surface area contributed by atoms with Crippen LogP contribution in [0.3, 0.4) is 0 Å². The van der Waals surface area contributed by atoms with Gasteiger partial charge in [0.05, 0.1) is 37.8 Å². The molecular weight excluding hydrogens is 376 g/mol. The molecule has 6 N–H and O–H groups in total. The highest BCUT2D eigenvalue weighted by Gasteiger charge is 2.28. The molecule has 29 heavy (non-hydrogen) atoms. The second kappa shape index (κ2) is 10.4. The van der Waals surface area contributed by atoms with Gasteiger partial charge in [-0.2, -0.15) is 0 Å². The van der Waals surface area contributed by atoms with Crippen molar-refractivity contribution in [2.45, 2.75) is 65.2 Å². The van der Waals surface area contributed by atoms with Crippen molar-refractivity contribution in [3.05, 3.63) is 28.8 Å². The summed E-state index contributed by atoms with van der Waals surface area (Å²) in [5, 5.41) is 53.8.